The van der Waals surface area contributed by atoms with E-state index in [9.17, 15) is 8.78 Å². The highest BCUT2D eigenvalue weighted by Gasteiger charge is 2.23. The van der Waals surface area contributed by atoms with Crippen LogP contribution in [0, 0.1) is 18.6 Å². The molecule has 0 bridgehead atoms. The Morgan fingerprint density at radius 2 is 1.89 bits per heavy atom. The monoisotopic (exact) mass is 331 g/mol. The van der Waals surface area contributed by atoms with Crippen LogP contribution in [0.2, 0.25) is 0 Å². The van der Waals surface area contributed by atoms with Gasteiger partial charge in [0.2, 0.25) is 0 Å². The van der Waals surface area contributed by atoms with Crippen molar-refractivity contribution < 1.29 is 8.78 Å². The van der Waals surface area contributed by atoms with E-state index < -0.39 is 17.7 Å². The highest BCUT2D eigenvalue weighted by atomic mass is 79.9. The van der Waals surface area contributed by atoms with E-state index in [1.165, 1.54) is 23.5 Å². The van der Waals surface area contributed by atoms with E-state index in [1.807, 2.05) is 18.4 Å². The smallest absolute Gasteiger partial charge is 0.132 e. The van der Waals surface area contributed by atoms with E-state index in [2.05, 4.69) is 21.2 Å². The minimum absolute atomic E-state index is 0.0613. The second kappa shape index (κ2) is 5.47. The highest BCUT2D eigenvalue weighted by molar-refractivity contribution is 9.10. The zero-order valence-corrected chi connectivity index (χ0v) is 12.3. The first-order valence-corrected chi connectivity index (χ1v) is 7.07. The molecule has 1 unspecified atom stereocenters. The fraction of sp³-hybridized carbons (Fsp3) is 0.231. The maximum Gasteiger partial charge on any atom is 0.132 e. The number of nitrogens with one attached hydrogen (secondary N) is 1. The van der Waals surface area contributed by atoms with E-state index in [0.717, 1.165) is 10.4 Å². The van der Waals surface area contributed by atoms with E-state index in [0.29, 0.717) is 4.47 Å². The third kappa shape index (κ3) is 2.48. The first-order valence-electron chi connectivity index (χ1n) is 5.40. The lowest BCUT2D eigenvalue weighted by Gasteiger charge is -2.18. The van der Waals surface area contributed by atoms with Crippen molar-refractivity contribution in [1.82, 2.24) is 5.32 Å². The van der Waals surface area contributed by atoms with Gasteiger partial charge >= 0.3 is 0 Å². The summed E-state index contributed by atoms with van der Waals surface area (Å²) in [5.41, 5.74) is 1.09. The molecular weight excluding hydrogens is 320 g/mol. The molecule has 0 aliphatic rings. The Balaban J connectivity index is 2.56. The summed E-state index contributed by atoms with van der Waals surface area (Å²) < 4.78 is 28.3. The zero-order valence-electron chi connectivity index (χ0n) is 9.93. The molecule has 5 heteroatoms. The van der Waals surface area contributed by atoms with Gasteiger partial charge in [0.25, 0.3) is 0 Å². The van der Waals surface area contributed by atoms with Crippen molar-refractivity contribution in [3.8, 4) is 0 Å². The summed E-state index contributed by atoms with van der Waals surface area (Å²) >= 11 is 4.57. The average Bonchev–Trinajstić information content (AvgIpc) is 2.69. The number of halogens is 3. The number of aryl methyl sites for hydroxylation is 1. The molecule has 0 saturated carbocycles. The molecule has 2 rings (SSSR count). The molecule has 0 aliphatic carbocycles. The number of rotatable bonds is 3. The van der Waals surface area contributed by atoms with E-state index in [1.54, 1.807) is 7.05 Å². The third-order valence-corrected chi connectivity index (χ3v) is 4.33. The van der Waals surface area contributed by atoms with Crippen LogP contribution in [-0.2, 0) is 0 Å². The van der Waals surface area contributed by atoms with E-state index >= 15 is 0 Å². The molecule has 1 heterocycles. The van der Waals surface area contributed by atoms with Crippen molar-refractivity contribution in [3.05, 3.63) is 55.7 Å². The lowest BCUT2D eigenvalue weighted by Crippen LogP contribution is -2.20. The maximum absolute atomic E-state index is 14.0. The van der Waals surface area contributed by atoms with Crippen molar-refractivity contribution in [2.45, 2.75) is 13.0 Å². The molecule has 0 radical (unpaired) electrons. The molecule has 0 saturated heterocycles. The van der Waals surface area contributed by atoms with Gasteiger partial charge in [0, 0.05) is 14.9 Å². The molecular formula is C13H12BrF2NS. The van der Waals surface area contributed by atoms with E-state index in [-0.39, 0.29) is 5.56 Å². The lowest BCUT2D eigenvalue weighted by molar-refractivity contribution is 0.523. The Kier molecular flexibility index (Phi) is 4.14. The van der Waals surface area contributed by atoms with Gasteiger partial charge in [-0.05, 0) is 43.1 Å². The summed E-state index contributed by atoms with van der Waals surface area (Å²) in [6.07, 6.45) is 0. The van der Waals surface area contributed by atoms with Gasteiger partial charge in [-0.25, -0.2) is 8.78 Å². The summed E-state index contributed by atoms with van der Waals surface area (Å²) in [4.78, 5) is 0.928. The van der Waals surface area contributed by atoms with Crippen LogP contribution in [-0.4, -0.2) is 7.05 Å². The summed E-state index contributed by atoms with van der Waals surface area (Å²) in [5.74, 6) is -1.09. The van der Waals surface area contributed by atoms with Gasteiger partial charge in [0.05, 0.1) is 6.04 Å². The van der Waals surface area contributed by atoms with Gasteiger partial charge in [-0.15, -0.1) is 11.3 Å². The molecule has 1 aromatic heterocycles. The van der Waals surface area contributed by atoms with Gasteiger partial charge in [-0.2, -0.15) is 0 Å². The number of thiophene rings is 1. The molecule has 1 nitrogen and oxygen atoms in total. The van der Waals surface area contributed by atoms with Crippen molar-refractivity contribution in [1.29, 1.82) is 0 Å². The topological polar surface area (TPSA) is 12.0 Å². The van der Waals surface area contributed by atoms with E-state index in [4.69, 9.17) is 0 Å². The van der Waals surface area contributed by atoms with Crippen molar-refractivity contribution >= 4 is 27.3 Å². The molecule has 0 spiro atoms. The van der Waals surface area contributed by atoms with Crippen LogP contribution in [0.5, 0.6) is 0 Å². The molecule has 1 N–H and O–H groups in total. The van der Waals surface area contributed by atoms with Crippen molar-refractivity contribution in [3.63, 3.8) is 0 Å². The van der Waals surface area contributed by atoms with Crippen LogP contribution < -0.4 is 5.32 Å². The molecule has 0 amide bonds. The molecule has 0 aliphatic heterocycles. The first-order chi connectivity index (χ1) is 8.54. The Hall–Kier alpha value is -0.780. The molecule has 1 atom stereocenters. The summed E-state index contributed by atoms with van der Waals surface area (Å²) in [6, 6.07) is 4.05. The Labute approximate surface area is 117 Å². The van der Waals surface area contributed by atoms with Crippen molar-refractivity contribution in [2.75, 3.05) is 7.05 Å². The highest BCUT2D eigenvalue weighted by Crippen LogP contribution is 2.33. The number of hydrogen-bond acceptors (Lipinski definition) is 2. The number of benzene rings is 1. The van der Waals surface area contributed by atoms with Gasteiger partial charge < -0.3 is 5.32 Å². The summed E-state index contributed by atoms with van der Waals surface area (Å²) in [5, 5.41) is 4.90. The van der Waals surface area contributed by atoms with Gasteiger partial charge in [-0.3, -0.25) is 0 Å². The van der Waals surface area contributed by atoms with Gasteiger partial charge in [0.1, 0.15) is 11.6 Å². The normalized spacial score (nSPS) is 12.7. The lowest BCUT2D eigenvalue weighted by atomic mass is 10.0. The van der Waals surface area contributed by atoms with Crippen LogP contribution >= 0.6 is 27.3 Å². The Bertz CT molecular complexity index is 545. The van der Waals surface area contributed by atoms with Gasteiger partial charge in [-0.1, -0.05) is 15.9 Å². The second-order valence-corrected chi connectivity index (χ2v) is 5.84. The maximum atomic E-state index is 14.0. The van der Waals surface area contributed by atoms with Crippen LogP contribution in [0.15, 0.2) is 28.1 Å². The first kappa shape index (κ1) is 13.6. The fourth-order valence-corrected chi connectivity index (χ4v) is 3.36. The third-order valence-electron chi connectivity index (χ3n) is 2.79. The van der Waals surface area contributed by atoms with Gasteiger partial charge in [0.15, 0.2) is 0 Å². The SMILES string of the molecule is CNC(c1sccc1C)c1c(F)cc(Br)cc1F. The Morgan fingerprint density at radius 3 is 2.33 bits per heavy atom. The molecule has 96 valence electrons. The minimum atomic E-state index is -0.547. The molecule has 18 heavy (non-hydrogen) atoms. The van der Waals surface area contributed by atoms with Crippen LogP contribution in [0.25, 0.3) is 0 Å². The quantitative estimate of drug-likeness (QED) is 0.878. The zero-order chi connectivity index (χ0) is 13.3. The van der Waals surface area contributed by atoms with Crippen molar-refractivity contribution in [2.24, 2.45) is 0 Å². The van der Waals surface area contributed by atoms with Crippen LogP contribution in [0.3, 0.4) is 0 Å². The predicted molar refractivity (Wildman–Crippen MR) is 74.0 cm³/mol. The molecule has 1 aromatic carbocycles. The largest absolute Gasteiger partial charge is 0.308 e. The molecule has 2 aromatic rings. The second-order valence-electron chi connectivity index (χ2n) is 3.97. The number of hydrogen-bond donors (Lipinski definition) is 1. The summed E-state index contributed by atoms with van der Waals surface area (Å²) in [7, 11) is 1.70. The molecule has 0 fully saturated rings. The average molecular weight is 332 g/mol. The Morgan fingerprint density at radius 1 is 1.28 bits per heavy atom. The van der Waals surface area contributed by atoms with Crippen LogP contribution in [0.4, 0.5) is 8.78 Å². The fourth-order valence-electron chi connectivity index (χ4n) is 1.92. The minimum Gasteiger partial charge on any atom is -0.308 e. The van der Waals surface area contributed by atoms with Crippen LogP contribution in [0.1, 0.15) is 22.0 Å². The predicted octanol–water partition coefficient (Wildman–Crippen LogP) is 4.41. The summed E-state index contributed by atoms with van der Waals surface area (Å²) in [6.45, 7) is 1.94. The standard InChI is InChI=1S/C13H12BrF2NS/c1-7-3-4-18-13(7)12(17-2)11-9(15)5-8(14)6-10(11)16/h3-6,12,17H,1-2H3.